The molecule has 0 fully saturated rings. The minimum atomic E-state index is -9.40. The van der Waals surface area contributed by atoms with Crippen molar-refractivity contribution in [2.75, 3.05) is 0 Å². The summed E-state index contributed by atoms with van der Waals surface area (Å²) >= 11 is 0. The zero-order valence-electron chi connectivity index (χ0n) is 14.3. The van der Waals surface area contributed by atoms with Crippen molar-refractivity contribution in [1.82, 2.24) is 0 Å². The molecule has 0 spiro atoms. The molecule has 1 rings (SSSR count). The maximum absolute atomic E-state index is 13.8. The highest BCUT2D eigenvalue weighted by Gasteiger charge is 3.00. The molecule has 0 saturated carbocycles. The molecule has 0 atom stereocenters. The van der Waals surface area contributed by atoms with Crippen LogP contribution in [0.1, 0.15) is 0 Å². The molecule has 1 aliphatic carbocycles. The molecule has 0 bridgehead atoms. The van der Waals surface area contributed by atoms with Crippen LogP contribution in [0, 0.1) is 5.41 Å². The van der Waals surface area contributed by atoms with Crippen molar-refractivity contribution in [3.05, 3.63) is 11.4 Å². The quantitative estimate of drug-likeness (QED) is 0.310. The zero-order chi connectivity index (χ0) is 28.2. The van der Waals surface area contributed by atoms with Crippen LogP contribution in [-0.4, -0.2) is 54.1 Å². The number of alkyl halides is 21. The third-order valence-electron chi connectivity index (χ3n) is 4.45. The predicted octanol–water partition coefficient (Wildman–Crippen LogP) is 7.71. The second kappa shape index (κ2) is 6.90. The van der Waals surface area contributed by atoms with Gasteiger partial charge in [0.1, 0.15) is 0 Å². The van der Waals surface area contributed by atoms with Gasteiger partial charge in [-0.3, -0.25) is 0 Å². The maximum atomic E-state index is 13.8. The number of allylic oxidation sites excluding steroid dienone is 2. The average Bonchev–Trinajstić information content (AvgIpc) is 2.53. The third-order valence-corrected chi connectivity index (χ3v) is 4.45. The summed E-state index contributed by atoms with van der Waals surface area (Å²) in [5, 5.41) is 0. The standard InChI is InChI=1S/C12F22/c13-2-1(4(14,15)8(22,23)9(24,25)5(2,16)17)3(10(26,27)28,6(18,19)11(29,30)31)7(20,21)12(32,33)34. The second-order valence-electron chi connectivity index (χ2n) is 6.38. The van der Waals surface area contributed by atoms with Gasteiger partial charge in [0.15, 0.2) is 5.83 Å². The van der Waals surface area contributed by atoms with Crippen LogP contribution in [-0.2, 0) is 0 Å². The average molecular weight is 562 g/mol. The van der Waals surface area contributed by atoms with Crippen LogP contribution in [0.15, 0.2) is 11.4 Å². The van der Waals surface area contributed by atoms with Gasteiger partial charge in [0, 0.05) is 0 Å². The van der Waals surface area contributed by atoms with E-state index in [4.69, 9.17) is 0 Å². The first kappa shape index (κ1) is 30.2. The predicted molar refractivity (Wildman–Crippen MR) is 58.4 cm³/mol. The van der Waals surface area contributed by atoms with Gasteiger partial charge in [0.2, 0.25) is 5.41 Å². The van der Waals surface area contributed by atoms with E-state index in [2.05, 4.69) is 0 Å². The summed E-state index contributed by atoms with van der Waals surface area (Å²) in [5.74, 6) is -57.4. The Morgan fingerprint density at radius 3 is 0.912 bits per heavy atom. The molecule has 22 heteroatoms. The molecule has 202 valence electrons. The SMILES string of the molecule is FC1=C(C(C(F)(F)F)(C(F)(F)C(F)(F)F)C(F)(F)C(F)(F)F)C(F)(F)C(F)(F)C(F)(F)C1(F)F. The van der Waals surface area contributed by atoms with Crippen molar-refractivity contribution >= 4 is 0 Å². The lowest BCUT2D eigenvalue weighted by atomic mass is 9.62. The lowest BCUT2D eigenvalue weighted by molar-refractivity contribution is -0.463. The van der Waals surface area contributed by atoms with Crippen molar-refractivity contribution < 1.29 is 96.6 Å². The molecule has 0 aromatic rings. The molecule has 0 saturated heterocycles. The van der Waals surface area contributed by atoms with Gasteiger partial charge in [0.25, 0.3) is 0 Å². The van der Waals surface area contributed by atoms with Crippen LogP contribution in [0.25, 0.3) is 0 Å². The number of hydrogen-bond acceptors (Lipinski definition) is 0. The third kappa shape index (κ3) is 3.03. The Labute approximate surface area is 169 Å². The Balaban J connectivity index is 4.79. The van der Waals surface area contributed by atoms with E-state index in [0.29, 0.717) is 0 Å². The fourth-order valence-electron chi connectivity index (χ4n) is 2.82. The van der Waals surface area contributed by atoms with Crippen LogP contribution in [0.4, 0.5) is 96.6 Å². The molecule has 0 radical (unpaired) electrons. The Hall–Kier alpha value is -1.80. The first-order valence-corrected chi connectivity index (χ1v) is 7.16. The highest BCUT2D eigenvalue weighted by atomic mass is 19.4. The molecular formula is C12F22. The topological polar surface area (TPSA) is 0 Å². The number of hydrogen-bond donors (Lipinski definition) is 0. The van der Waals surface area contributed by atoms with E-state index in [1.807, 2.05) is 0 Å². The van der Waals surface area contributed by atoms with Crippen molar-refractivity contribution in [3.8, 4) is 0 Å². The monoisotopic (exact) mass is 562 g/mol. The summed E-state index contributed by atoms with van der Waals surface area (Å²) in [6.45, 7) is 0. The minimum absolute atomic E-state index is 5.86. The first-order chi connectivity index (χ1) is 14.3. The van der Waals surface area contributed by atoms with E-state index < -0.39 is 70.9 Å². The normalized spacial score (nSPS) is 23.8. The summed E-state index contributed by atoms with van der Waals surface area (Å²) in [6, 6.07) is 0. The molecule has 0 aromatic heterocycles. The molecule has 0 N–H and O–H groups in total. The van der Waals surface area contributed by atoms with Crippen molar-refractivity contribution in [1.29, 1.82) is 0 Å². The fraction of sp³-hybridized carbons (Fsp3) is 0.833. The van der Waals surface area contributed by atoms with E-state index in [1.165, 1.54) is 0 Å². The molecule has 0 aliphatic heterocycles. The van der Waals surface area contributed by atoms with Crippen LogP contribution >= 0.6 is 0 Å². The van der Waals surface area contributed by atoms with E-state index in [-0.39, 0.29) is 0 Å². The smallest absolute Gasteiger partial charge is 0.205 e. The molecular weight excluding hydrogens is 562 g/mol. The van der Waals surface area contributed by atoms with Gasteiger partial charge in [-0.05, 0) is 0 Å². The number of halogens is 22. The molecule has 1 aliphatic rings. The van der Waals surface area contributed by atoms with Gasteiger partial charge >= 0.3 is 54.1 Å². The van der Waals surface area contributed by atoms with Crippen LogP contribution in [0.3, 0.4) is 0 Å². The Morgan fingerprint density at radius 1 is 0.412 bits per heavy atom. The fourth-order valence-corrected chi connectivity index (χ4v) is 2.82. The molecule has 0 nitrogen and oxygen atoms in total. The molecule has 0 amide bonds. The first-order valence-electron chi connectivity index (χ1n) is 7.16. The van der Waals surface area contributed by atoms with Crippen LogP contribution in [0.2, 0.25) is 0 Å². The van der Waals surface area contributed by atoms with E-state index in [1.54, 1.807) is 0 Å². The highest BCUT2D eigenvalue weighted by Crippen LogP contribution is 2.75. The minimum Gasteiger partial charge on any atom is -0.205 e. The zero-order valence-corrected chi connectivity index (χ0v) is 14.3. The summed E-state index contributed by atoms with van der Waals surface area (Å²) in [4.78, 5) is 0. The molecule has 34 heavy (non-hydrogen) atoms. The molecule has 0 heterocycles. The van der Waals surface area contributed by atoms with Gasteiger partial charge in [-0.25, -0.2) is 4.39 Å². The lowest BCUT2D eigenvalue weighted by Gasteiger charge is -2.52. The largest absolute Gasteiger partial charge is 0.454 e. The Kier molecular flexibility index (Phi) is 6.14. The van der Waals surface area contributed by atoms with Crippen LogP contribution < -0.4 is 0 Å². The van der Waals surface area contributed by atoms with Crippen molar-refractivity contribution in [2.24, 2.45) is 5.41 Å². The summed E-state index contributed by atoms with van der Waals surface area (Å²) in [7, 11) is 0. The van der Waals surface area contributed by atoms with Crippen molar-refractivity contribution in [2.45, 2.75) is 54.1 Å². The van der Waals surface area contributed by atoms with Crippen molar-refractivity contribution in [3.63, 3.8) is 0 Å². The Morgan fingerprint density at radius 2 is 0.676 bits per heavy atom. The van der Waals surface area contributed by atoms with Gasteiger partial charge in [-0.15, -0.1) is 0 Å². The maximum Gasteiger partial charge on any atom is 0.454 e. The van der Waals surface area contributed by atoms with Gasteiger partial charge in [-0.2, -0.15) is 92.2 Å². The second-order valence-corrected chi connectivity index (χ2v) is 6.38. The van der Waals surface area contributed by atoms with Gasteiger partial charge < -0.3 is 0 Å². The van der Waals surface area contributed by atoms with Crippen LogP contribution in [0.5, 0.6) is 0 Å². The van der Waals surface area contributed by atoms with Gasteiger partial charge in [0.05, 0.1) is 5.57 Å². The van der Waals surface area contributed by atoms with Gasteiger partial charge in [-0.1, -0.05) is 0 Å². The molecule has 0 unspecified atom stereocenters. The summed E-state index contributed by atoms with van der Waals surface area (Å²) in [5.41, 5.74) is -15.7. The van der Waals surface area contributed by atoms with E-state index in [9.17, 15) is 96.6 Å². The Bertz CT molecular complexity index is 817. The van der Waals surface area contributed by atoms with E-state index in [0.717, 1.165) is 0 Å². The number of rotatable bonds is 3. The molecule has 0 aromatic carbocycles. The highest BCUT2D eigenvalue weighted by molar-refractivity contribution is 5.45. The lowest BCUT2D eigenvalue weighted by Crippen LogP contribution is -2.77. The summed E-state index contributed by atoms with van der Waals surface area (Å²) < 4.78 is 291. The van der Waals surface area contributed by atoms with E-state index >= 15 is 0 Å². The summed E-state index contributed by atoms with van der Waals surface area (Å²) in [6.07, 6.45) is -26.2.